The van der Waals surface area contributed by atoms with E-state index in [0.717, 1.165) is 18.9 Å². The average Bonchev–Trinajstić information content (AvgIpc) is 2.88. The second-order valence-electron chi connectivity index (χ2n) is 4.00. The Hall–Kier alpha value is -1.63. The molecular formula is C12H23N5O2. The van der Waals surface area contributed by atoms with Gasteiger partial charge in [0.2, 0.25) is 5.89 Å². The Bertz CT molecular complexity index is 391. The summed E-state index contributed by atoms with van der Waals surface area (Å²) in [5.41, 5.74) is 0. The van der Waals surface area contributed by atoms with Gasteiger partial charge in [-0.25, -0.2) is 0 Å². The molecule has 0 radical (unpaired) electrons. The fourth-order valence-corrected chi connectivity index (χ4v) is 1.45. The molecule has 7 heteroatoms. The molecule has 1 rings (SSSR count). The van der Waals surface area contributed by atoms with E-state index < -0.39 is 0 Å². The summed E-state index contributed by atoms with van der Waals surface area (Å²) in [6.07, 6.45) is 0.886. The van der Waals surface area contributed by atoms with Crippen LogP contribution in [0.1, 0.15) is 45.0 Å². The molecule has 1 unspecified atom stereocenters. The van der Waals surface area contributed by atoms with Crippen LogP contribution in [0.5, 0.6) is 0 Å². The van der Waals surface area contributed by atoms with Crippen LogP contribution in [0.15, 0.2) is 9.52 Å². The van der Waals surface area contributed by atoms with Crippen molar-refractivity contribution in [2.75, 3.05) is 20.2 Å². The van der Waals surface area contributed by atoms with E-state index in [1.54, 1.807) is 7.05 Å². The zero-order chi connectivity index (χ0) is 14.1. The third-order valence-corrected chi connectivity index (χ3v) is 2.44. The molecule has 0 saturated carbocycles. The van der Waals surface area contributed by atoms with Crippen molar-refractivity contribution in [3.8, 4) is 0 Å². The molecule has 0 saturated heterocycles. The second kappa shape index (κ2) is 8.47. The van der Waals surface area contributed by atoms with Crippen LogP contribution in [-0.4, -0.2) is 36.3 Å². The molecule has 0 aromatic carbocycles. The van der Waals surface area contributed by atoms with Crippen molar-refractivity contribution < 1.29 is 9.26 Å². The first-order valence-electron chi connectivity index (χ1n) is 6.59. The first-order chi connectivity index (χ1) is 9.21. The van der Waals surface area contributed by atoms with Crippen LogP contribution in [-0.2, 0) is 11.3 Å². The van der Waals surface area contributed by atoms with Gasteiger partial charge in [0.15, 0.2) is 11.8 Å². The minimum atomic E-state index is -0.153. The molecule has 2 N–H and O–H groups in total. The van der Waals surface area contributed by atoms with Gasteiger partial charge in [-0.1, -0.05) is 12.1 Å². The van der Waals surface area contributed by atoms with Crippen molar-refractivity contribution in [1.29, 1.82) is 0 Å². The lowest BCUT2D eigenvalue weighted by molar-refractivity contribution is 0.0683. The largest absolute Gasteiger partial charge is 0.371 e. The van der Waals surface area contributed by atoms with Crippen LogP contribution in [0, 0.1) is 0 Å². The van der Waals surface area contributed by atoms with Gasteiger partial charge in [0, 0.05) is 20.2 Å². The van der Waals surface area contributed by atoms with Crippen LogP contribution >= 0.6 is 0 Å². The topological polar surface area (TPSA) is 84.6 Å². The summed E-state index contributed by atoms with van der Waals surface area (Å²) in [6.45, 7) is 7.86. The number of nitrogens with one attached hydrogen (secondary N) is 2. The summed E-state index contributed by atoms with van der Waals surface area (Å²) in [5, 5.41) is 10.2. The average molecular weight is 269 g/mol. The maximum atomic E-state index is 5.40. The molecule has 0 aliphatic carbocycles. The molecule has 1 heterocycles. The zero-order valence-electron chi connectivity index (χ0n) is 12.1. The van der Waals surface area contributed by atoms with Crippen LogP contribution < -0.4 is 10.6 Å². The van der Waals surface area contributed by atoms with E-state index in [9.17, 15) is 0 Å². The molecule has 0 bridgehead atoms. The molecule has 0 spiro atoms. The van der Waals surface area contributed by atoms with Crippen molar-refractivity contribution in [2.45, 2.75) is 39.8 Å². The molecule has 0 aliphatic rings. The van der Waals surface area contributed by atoms with E-state index in [1.807, 2.05) is 13.8 Å². The fraction of sp³-hybridized carbons (Fsp3) is 0.750. The van der Waals surface area contributed by atoms with Gasteiger partial charge in [-0.3, -0.25) is 4.99 Å². The van der Waals surface area contributed by atoms with Gasteiger partial charge in [-0.2, -0.15) is 4.98 Å². The number of aromatic nitrogens is 2. The van der Waals surface area contributed by atoms with Crippen LogP contribution in [0.25, 0.3) is 0 Å². The first kappa shape index (κ1) is 15.4. The number of nitrogens with zero attached hydrogens (tertiary/aromatic N) is 3. The highest BCUT2D eigenvalue weighted by atomic mass is 16.5. The van der Waals surface area contributed by atoms with E-state index in [4.69, 9.17) is 9.26 Å². The number of aliphatic imine (C=N–C) groups is 1. The molecule has 108 valence electrons. The fourth-order valence-electron chi connectivity index (χ4n) is 1.45. The summed E-state index contributed by atoms with van der Waals surface area (Å²) < 4.78 is 10.5. The van der Waals surface area contributed by atoms with E-state index in [-0.39, 0.29) is 6.10 Å². The highest BCUT2D eigenvalue weighted by Gasteiger charge is 2.13. The van der Waals surface area contributed by atoms with Crippen LogP contribution in [0.4, 0.5) is 0 Å². The highest BCUT2D eigenvalue weighted by molar-refractivity contribution is 5.79. The third kappa shape index (κ3) is 5.25. The Kier molecular flexibility index (Phi) is 6.88. The highest BCUT2D eigenvalue weighted by Crippen LogP contribution is 2.12. The lowest BCUT2D eigenvalue weighted by Gasteiger charge is -2.08. The standard InChI is InChI=1S/C12H23N5O2/c1-5-7-14-12(13-4)15-8-10-16-11(17-19-10)9(3)18-6-2/h9H,5-8H2,1-4H3,(H2,13,14,15). The van der Waals surface area contributed by atoms with E-state index in [0.29, 0.717) is 24.9 Å². The number of rotatable bonds is 7. The Balaban J connectivity index is 2.45. The number of guanidine groups is 1. The van der Waals surface area contributed by atoms with Crippen molar-refractivity contribution >= 4 is 5.96 Å². The smallest absolute Gasteiger partial charge is 0.246 e. The van der Waals surface area contributed by atoms with E-state index in [2.05, 4.69) is 32.7 Å². The molecule has 0 fully saturated rings. The lowest BCUT2D eigenvalue weighted by atomic mass is 10.4. The summed E-state index contributed by atoms with van der Waals surface area (Å²) in [7, 11) is 1.72. The molecule has 1 atom stereocenters. The number of hydrogen-bond acceptors (Lipinski definition) is 5. The van der Waals surface area contributed by atoms with Gasteiger partial charge in [-0.15, -0.1) is 0 Å². The molecule has 1 aromatic rings. The molecular weight excluding hydrogens is 246 g/mol. The Morgan fingerprint density at radius 2 is 2.21 bits per heavy atom. The monoisotopic (exact) mass is 269 g/mol. The van der Waals surface area contributed by atoms with Crippen molar-refractivity contribution in [1.82, 2.24) is 20.8 Å². The summed E-state index contributed by atoms with van der Waals surface area (Å²) in [4.78, 5) is 8.36. The normalized spacial score (nSPS) is 13.4. The third-order valence-electron chi connectivity index (χ3n) is 2.44. The minimum Gasteiger partial charge on any atom is -0.371 e. The number of ether oxygens (including phenoxy) is 1. The lowest BCUT2D eigenvalue weighted by Crippen LogP contribution is -2.37. The molecule has 1 aromatic heterocycles. The number of hydrogen-bond donors (Lipinski definition) is 2. The van der Waals surface area contributed by atoms with Gasteiger partial charge in [0.1, 0.15) is 6.10 Å². The van der Waals surface area contributed by atoms with E-state index in [1.165, 1.54) is 0 Å². The second-order valence-corrected chi connectivity index (χ2v) is 4.00. The van der Waals surface area contributed by atoms with Gasteiger partial charge in [0.05, 0.1) is 6.54 Å². The zero-order valence-corrected chi connectivity index (χ0v) is 12.1. The van der Waals surface area contributed by atoms with Gasteiger partial charge >= 0.3 is 0 Å². The van der Waals surface area contributed by atoms with Crippen molar-refractivity contribution in [3.63, 3.8) is 0 Å². The molecule has 0 amide bonds. The Labute approximate surface area is 113 Å². The van der Waals surface area contributed by atoms with Crippen molar-refractivity contribution in [3.05, 3.63) is 11.7 Å². The SMILES string of the molecule is CCCNC(=NC)NCc1nc(C(C)OCC)no1. The van der Waals surface area contributed by atoms with Crippen LogP contribution in [0.2, 0.25) is 0 Å². The van der Waals surface area contributed by atoms with Crippen molar-refractivity contribution in [2.24, 2.45) is 4.99 Å². The Morgan fingerprint density at radius 3 is 2.84 bits per heavy atom. The maximum absolute atomic E-state index is 5.40. The van der Waals surface area contributed by atoms with Gasteiger partial charge < -0.3 is 19.9 Å². The van der Waals surface area contributed by atoms with Gasteiger partial charge in [-0.05, 0) is 20.3 Å². The van der Waals surface area contributed by atoms with Crippen LogP contribution in [0.3, 0.4) is 0 Å². The summed E-state index contributed by atoms with van der Waals surface area (Å²) in [5.74, 6) is 1.80. The van der Waals surface area contributed by atoms with E-state index >= 15 is 0 Å². The Morgan fingerprint density at radius 1 is 1.42 bits per heavy atom. The van der Waals surface area contributed by atoms with Gasteiger partial charge in [0.25, 0.3) is 0 Å². The summed E-state index contributed by atoms with van der Waals surface area (Å²) >= 11 is 0. The minimum absolute atomic E-state index is 0.153. The maximum Gasteiger partial charge on any atom is 0.246 e. The molecule has 7 nitrogen and oxygen atoms in total. The molecule has 19 heavy (non-hydrogen) atoms. The molecule has 0 aliphatic heterocycles. The first-order valence-corrected chi connectivity index (χ1v) is 6.59. The predicted molar refractivity (Wildman–Crippen MR) is 72.8 cm³/mol. The summed E-state index contributed by atoms with van der Waals surface area (Å²) in [6, 6.07) is 0. The quantitative estimate of drug-likeness (QED) is 0.572. The predicted octanol–water partition coefficient (Wildman–Crippen LogP) is 1.24.